The smallest absolute Gasteiger partial charge is 0.236 e. The van der Waals surface area contributed by atoms with Crippen molar-refractivity contribution in [3.05, 3.63) is 48.3 Å². The molecule has 2 aliphatic rings. The normalized spacial score (nSPS) is 19.3. The Morgan fingerprint density at radius 3 is 2.41 bits per heavy atom. The van der Waals surface area contributed by atoms with Crippen molar-refractivity contribution in [2.45, 2.75) is 6.54 Å². The van der Waals surface area contributed by atoms with Gasteiger partial charge in [-0.3, -0.25) is 14.6 Å². The quantitative estimate of drug-likeness (QED) is 0.782. The standard InChI is InChI=1S/C20H27N5O2/c26-20(24-10-12-27-13-11-24)17-23-8-6-22(7-9-23)15-18-14-21-25(16-18)19-4-2-1-3-5-19/h1-5,14,16H,6-13,15,17H2. The van der Waals surface area contributed by atoms with Crippen molar-refractivity contribution >= 4 is 5.91 Å². The van der Waals surface area contributed by atoms with E-state index in [9.17, 15) is 4.79 Å². The van der Waals surface area contributed by atoms with Gasteiger partial charge in [0.15, 0.2) is 0 Å². The van der Waals surface area contributed by atoms with E-state index in [2.05, 4.69) is 33.2 Å². The Morgan fingerprint density at radius 2 is 1.67 bits per heavy atom. The van der Waals surface area contributed by atoms with Crippen molar-refractivity contribution < 1.29 is 9.53 Å². The predicted molar refractivity (Wildman–Crippen MR) is 103 cm³/mol. The first-order chi connectivity index (χ1) is 13.3. The molecule has 0 radical (unpaired) electrons. The van der Waals surface area contributed by atoms with Crippen molar-refractivity contribution in [2.24, 2.45) is 0 Å². The van der Waals surface area contributed by atoms with Crippen molar-refractivity contribution in [3.63, 3.8) is 0 Å². The van der Waals surface area contributed by atoms with Crippen LogP contribution in [0.2, 0.25) is 0 Å². The summed E-state index contributed by atoms with van der Waals surface area (Å²) in [5.41, 5.74) is 2.30. The minimum absolute atomic E-state index is 0.232. The number of ether oxygens (including phenoxy) is 1. The number of rotatable bonds is 5. The van der Waals surface area contributed by atoms with E-state index in [0.717, 1.165) is 51.5 Å². The number of aromatic nitrogens is 2. The Balaban J connectivity index is 1.24. The monoisotopic (exact) mass is 369 g/mol. The first kappa shape index (κ1) is 18.2. The van der Waals surface area contributed by atoms with Gasteiger partial charge in [0, 0.05) is 57.6 Å². The lowest BCUT2D eigenvalue weighted by Crippen LogP contribution is -2.51. The molecule has 4 rings (SSSR count). The van der Waals surface area contributed by atoms with Crippen molar-refractivity contribution in [1.29, 1.82) is 0 Å². The number of amides is 1. The van der Waals surface area contributed by atoms with Gasteiger partial charge in [-0.05, 0) is 12.1 Å². The maximum atomic E-state index is 12.4. The fourth-order valence-electron chi connectivity index (χ4n) is 3.63. The number of benzene rings is 1. The van der Waals surface area contributed by atoms with Gasteiger partial charge in [0.05, 0.1) is 31.6 Å². The molecule has 0 atom stereocenters. The van der Waals surface area contributed by atoms with Crippen LogP contribution < -0.4 is 0 Å². The third-order valence-electron chi connectivity index (χ3n) is 5.25. The molecule has 0 unspecified atom stereocenters. The summed E-state index contributed by atoms with van der Waals surface area (Å²) in [5.74, 6) is 0.232. The SMILES string of the molecule is O=C(CN1CCN(Cc2cnn(-c3ccccc3)c2)CC1)N1CCOCC1. The first-order valence-corrected chi connectivity index (χ1v) is 9.67. The van der Waals surface area contributed by atoms with E-state index in [0.29, 0.717) is 19.8 Å². The molecule has 0 saturated carbocycles. The largest absolute Gasteiger partial charge is 0.378 e. The highest BCUT2D eigenvalue weighted by Crippen LogP contribution is 2.12. The van der Waals surface area contributed by atoms with Gasteiger partial charge >= 0.3 is 0 Å². The van der Waals surface area contributed by atoms with Crippen LogP contribution in [0, 0.1) is 0 Å². The number of para-hydroxylation sites is 1. The predicted octanol–water partition coefficient (Wildman–Crippen LogP) is 0.849. The van der Waals surface area contributed by atoms with E-state index < -0.39 is 0 Å². The first-order valence-electron chi connectivity index (χ1n) is 9.67. The Kier molecular flexibility index (Phi) is 5.81. The van der Waals surface area contributed by atoms with Gasteiger partial charge in [-0.15, -0.1) is 0 Å². The third-order valence-corrected chi connectivity index (χ3v) is 5.25. The number of hydrogen-bond acceptors (Lipinski definition) is 5. The van der Waals surface area contributed by atoms with Crippen LogP contribution in [0.15, 0.2) is 42.7 Å². The topological polar surface area (TPSA) is 53.8 Å². The van der Waals surface area contributed by atoms with Crippen LogP contribution in [0.4, 0.5) is 0 Å². The highest BCUT2D eigenvalue weighted by Gasteiger charge is 2.23. The Hall–Kier alpha value is -2.22. The second-order valence-electron chi connectivity index (χ2n) is 7.17. The number of morpholine rings is 1. The lowest BCUT2D eigenvalue weighted by molar-refractivity contribution is -0.136. The number of carbonyl (C=O) groups is 1. The molecule has 2 aliphatic heterocycles. The summed E-state index contributed by atoms with van der Waals surface area (Å²) in [5, 5.41) is 4.48. The Morgan fingerprint density at radius 1 is 0.963 bits per heavy atom. The van der Waals surface area contributed by atoms with Crippen LogP contribution in [0.3, 0.4) is 0 Å². The molecule has 2 fully saturated rings. The maximum Gasteiger partial charge on any atom is 0.236 e. The van der Waals surface area contributed by atoms with Crippen LogP contribution in [0.1, 0.15) is 5.56 Å². The van der Waals surface area contributed by atoms with E-state index in [1.54, 1.807) is 0 Å². The zero-order chi connectivity index (χ0) is 18.5. The molecule has 0 aliphatic carbocycles. The summed E-state index contributed by atoms with van der Waals surface area (Å²) in [6, 6.07) is 10.2. The van der Waals surface area contributed by atoms with E-state index in [1.807, 2.05) is 34.0 Å². The van der Waals surface area contributed by atoms with Gasteiger partial charge in [-0.2, -0.15) is 5.10 Å². The van der Waals surface area contributed by atoms with Gasteiger partial charge in [0.2, 0.25) is 5.91 Å². The van der Waals surface area contributed by atoms with Gasteiger partial charge in [0.25, 0.3) is 0 Å². The van der Waals surface area contributed by atoms with Gasteiger partial charge in [0.1, 0.15) is 0 Å². The Labute approximate surface area is 160 Å². The molecule has 7 heteroatoms. The van der Waals surface area contributed by atoms with E-state index in [4.69, 9.17) is 4.74 Å². The summed E-state index contributed by atoms with van der Waals surface area (Å²) in [6.07, 6.45) is 4.05. The molecule has 7 nitrogen and oxygen atoms in total. The summed E-state index contributed by atoms with van der Waals surface area (Å²) in [7, 11) is 0. The van der Waals surface area contributed by atoms with Crippen molar-refractivity contribution in [3.8, 4) is 5.69 Å². The molecule has 3 heterocycles. The molecule has 144 valence electrons. The van der Waals surface area contributed by atoms with E-state index in [1.165, 1.54) is 5.56 Å². The second-order valence-corrected chi connectivity index (χ2v) is 7.17. The summed E-state index contributed by atoms with van der Waals surface area (Å²) < 4.78 is 7.24. The molecule has 0 bridgehead atoms. The fraction of sp³-hybridized carbons (Fsp3) is 0.500. The second kappa shape index (κ2) is 8.65. The molecule has 1 aromatic carbocycles. The van der Waals surface area contributed by atoms with E-state index in [-0.39, 0.29) is 5.91 Å². The van der Waals surface area contributed by atoms with Gasteiger partial charge in [-0.1, -0.05) is 18.2 Å². The zero-order valence-corrected chi connectivity index (χ0v) is 15.7. The number of hydrogen-bond donors (Lipinski definition) is 0. The lowest BCUT2D eigenvalue weighted by Gasteiger charge is -2.35. The highest BCUT2D eigenvalue weighted by atomic mass is 16.5. The summed E-state index contributed by atoms with van der Waals surface area (Å²) in [6.45, 7) is 8.03. The Bertz CT molecular complexity index is 734. The van der Waals surface area contributed by atoms with Gasteiger partial charge < -0.3 is 9.64 Å². The third kappa shape index (κ3) is 4.74. The fourth-order valence-corrected chi connectivity index (χ4v) is 3.63. The summed E-state index contributed by atoms with van der Waals surface area (Å²) in [4.78, 5) is 19.0. The minimum Gasteiger partial charge on any atom is -0.378 e. The maximum absolute atomic E-state index is 12.4. The zero-order valence-electron chi connectivity index (χ0n) is 15.7. The molecule has 2 saturated heterocycles. The average Bonchev–Trinajstić information content (AvgIpc) is 3.19. The van der Waals surface area contributed by atoms with Crippen molar-refractivity contribution in [2.75, 3.05) is 59.0 Å². The molecule has 0 N–H and O–H groups in total. The molecule has 1 aromatic heterocycles. The highest BCUT2D eigenvalue weighted by molar-refractivity contribution is 5.78. The lowest BCUT2D eigenvalue weighted by atomic mass is 10.2. The molecule has 27 heavy (non-hydrogen) atoms. The number of nitrogens with zero attached hydrogens (tertiary/aromatic N) is 5. The van der Waals surface area contributed by atoms with Crippen LogP contribution in [-0.4, -0.2) is 89.4 Å². The van der Waals surface area contributed by atoms with Crippen LogP contribution in [-0.2, 0) is 16.1 Å². The van der Waals surface area contributed by atoms with Crippen LogP contribution >= 0.6 is 0 Å². The average molecular weight is 369 g/mol. The molecule has 1 amide bonds. The molecule has 0 spiro atoms. The minimum atomic E-state index is 0.232. The van der Waals surface area contributed by atoms with Gasteiger partial charge in [-0.25, -0.2) is 4.68 Å². The van der Waals surface area contributed by atoms with Crippen LogP contribution in [0.25, 0.3) is 5.69 Å². The van der Waals surface area contributed by atoms with Crippen LogP contribution in [0.5, 0.6) is 0 Å². The summed E-state index contributed by atoms with van der Waals surface area (Å²) >= 11 is 0. The molecular formula is C20H27N5O2. The van der Waals surface area contributed by atoms with E-state index >= 15 is 0 Å². The number of piperazine rings is 1. The molecular weight excluding hydrogens is 342 g/mol. The molecule has 2 aromatic rings. The number of carbonyl (C=O) groups excluding carboxylic acids is 1. The van der Waals surface area contributed by atoms with Crippen molar-refractivity contribution in [1.82, 2.24) is 24.5 Å².